The van der Waals surface area contributed by atoms with Crippen molar-refractivity contribution >= 4 is 11.6 Å². The van der Waals surface area contributed by atoms with Crippen molar-refractivity contribution in [2.75, 3.05) is 5.32 Å². The Labute approximate surface area is 157 Å². The molecule has 0 unspecified atom stereocenters. The quantitative estimate of drug-likeness (QED) is 0.697. The Morgan fingerprint density at radius 1 is 1.19 bits per heavy atom. The van der Waals surface area contributed by atoms with Gasteiger partial charge in [-0.3, -0.25) is 4.79 Å². The van der Waals surface area contributed by atoms with E-state index in [4.69, 9.17) is 9.26 Å². The molecule has 3 aromatic rings. The van der Waals surface area contributed by atoms with Crippen LogP contribution in [0.2, 0.25) is 0 Å². The SMILES string of the molecule is Cc1cccc(NC(=O)c2ccc(OCc3c(C)noc3C)c(F)c2)c1C. The fourth-order valence-electron chi connectivity index (χ4n) is 2.70. The number of nitrogens with zero attached hydrogens (tertiary/aromatic N) is 1. The van der Waals surface area contributed by atoms with E-state index in [1.807, 2.05) is 32.0 Å². The molecule has 0 bridgehead atoms. The predicted octanol–water partition coefficient (Wildman–Crippen LogP) is 4.88. The summed E-state index contributed by atoms with van der Waals surface area (Å²) in [4.78, 5) is 12.4. The molecule has 1 heterocycles. The summed E-state index contributed by atoms with van der Waals surface area (Å²) in [6.07, 6.45) is 0. The molecule has 140 valence electrons. The van der Waals surface area contributed by atoms with Crippen LogP contribution in [0.25, 0.3) is 0 Å². The molecule has 0 aliphatic rings. The minimum absolute atomic E-state index is 0.0679. The van der Waals surface area contributed by atoms with Crippen molar-refractivity contribution in [1.82, 2.24) is 5.16 Å². The van der Waals surface area contributed by atoms with Gasteiger partial charge in [0.15, 0.2) is 11.6 Å². The Hall–Kier alpha value is -3.15. The third-order valence-electron chi connectivity index (χ3n) is 4.60. The number of hydrogen-bond acceptors (Lipinski definition) is 4. The minimum atomic E-state index is -0.602. The molecule has 0 saturated heterocycles. The Morgan fingerprint density at radius 2 is 1.96 bits per heavy atom. The summed E-state index contributed by atoms with van der Waals surface area (Å²) < 4.78 is 25.0. The first kappa shape index (κ1) is 18.6. The van der Waals surface area contributed by atoms with Gasteiger partial charge in [0, 0.05) is 11.3 Å². The molecule has 5 nitrogen and oxygen atoms in total. The number of nitrogens with one attached hydrogen (secondary N) is 1. The number of aromatic nitrogens is 1. The van der Waals surface area contributed by atoms with Gasteiger partial charge in [0.1, 0.15) is 12.4 Å². The van der Waals surface area contributed by atoms with Crippen LogP contribution in [0.15, 0.2) is 40.9 Å². The van der Waals surface area contributed by atoms with Crippen molar-refractivity contribution in [1.29, 1.82) is 0 Å². The summed E-state index contributed by atoms with van der Waals surface area (Å²) in [5.74, 6) is -0.272. The number of ether oxygens (including phenoxy) is 1. The van der Waals surface area contributed by atoms with E-state index in [9.17, 15) is 9.18 Å². The summed E-state index contributed by atoms with van der Waals surface area (Å²) >= 11 is 0. The van der Waals surface area contributed by atoms with Gasteiger partial charge in [0.2, 0.25) is 0 Å². The molecular weight excluding hydrogens is 347 g/mol. The smallest absolute Gasteiger partial charge is 0.255 e. The lowest BCUT2D eigenvalue weighted by Gasteiger charge is -2.11. The van der Waals surface area contributed by atoms with Crippen LogP contribution in [-0.2, 0) is 6.61 Å². The standard InChI is InChI=1S/C21H21FN2O3/c1-12-6-5-7-19(13(12)2)23-21(25)16-8-9-20(18(22)10-16)26-11-17-14(3)24-27-15(17)4/h5-10H,11H2,1-4H3,(H,23,25). The van der Waals surface area contributed by atoms with Crippen molar-refractivity contribution in [3.8, 4) is 5.75 Å². The molecule has 6 heteroatoms. The topological polar surface area (TPSA) is 64.4 Å². The lowest BCUT2D eigenvalue weighted by molar-refractivity contribution is 0.102. The van der Waals surface area contributed by atoms with Crippen LogP contribution in [0, 0.1) is 33.5 Å². The van der Waals surface area contributed by atoms with Crippen molar-refractivity contribution in [2.45, 2.75) is 34.3 Å². The van der Waals surface area contributed by atoms with Gasteiger partial charge >= 0.3 is 0 Å². The van der Waals surface area contributed by atoms with E-state index in [1.165, 1.54) is 18.2 Å². The number of anilines is 1. The van der Waals surface area contributed by atoms with Gasteiger partial charge in [0.05, 0.1) is 11.3 Å². The normalized spacial score (nSPS) is 10.7. The molecule has 0 aliphatic carbocycles. The van der Waals surface area contributed by atoms with Gasteiger partial charge in [-0.25, -0.2) is 4.39 Å². The molecule has 0 radical (unpaired) electrons. The highest BCUT2D eigenvalue weighted by atomic mass is 19.1. The minimum Gasteiger partial charge on any atom is -0.486 e. The second-order valence-corrected chi connectivity index (χ2v) is 6.44. The first-order valence-corrected chi connectivity index (χ1v) is 8.58. The van der Waals surface area contributed by atoms with Crippen LogP contribution >= 0.6 is 0 Å². The Morgan fingerprint density at radius 3 is 2.63 bits per heavy atom. The fraction of sp³-hybridized carbons (Fsp3) is 0.238. The number of aryl methyl sites for hydroxylation is 3. The highest BCUT2D eigenvalue weighted by Gasteiger charge is 2.14. The van der Waals surface area contributed by atoms with E-state index >= 15 is 0 Å². The van der Waals surface area contributed by atoms with E-state index in [1.54, 1.807) is 13.8 Å². The van der Waals surface area contributed by atoms with Crippen molar-refractivity contribution in [3.63, 3.8) is 0 Å². The highest BCUT2D eigenvalue weighted by molar-refractivity contribution is 6.04. The molecule has 1 amide bonds. The van der Waals surface area contributed by atoms with Gasteiger partial charge in [0.25, 0.3) is 5.91 Å². The third kappa shape index (κ3) is 4.00. The highest BCUT2D eigenvalue weighted by Crippen LogP contribution is 2.23. The number of carbonyl (C=O) groups excluding carboxylic acids is 1. The Balaban J connectivity index is 1.72. The van der Waals surface area contributed by atoms with Gasteiger partial charge in [-0.05, 0) is 63.1 Å². The van der Waals surface area contributed by atoms with Gasteiger partial charge in [-0.2, -0.15) is 0 Å². The number of amides is 1. The van der Waals surface area contributed by atoms with Gasteiger partial charge < -0.3 is 14.6 Å². The largest absolute Gasteiger partial charge is 0.486 e. The van der Waals surface area contributed by atoms with Crippen molar-refractivity contribution in [2.24, 2.45) is 0 Å². The van der Waals surface area contributed by atoms with E-state index in [0.29, 0.717) is 17.1 Å². The second-order valence-electron chi connectivity index (χ2n) is 6.44. The van der Waals surface area contributed by atoms with E-state index in [0.717, 1.165) is 16.7 Å². The summed E-state index contributed by atoms with van der Waals surface area (Å²) in [7, 11) is 0. The zero-order valence-corrected chi connectivity index (χ0v) is 15.7. The summed E-state index contributed by atoms with van der Waals surface area (Å²) in [6.45, 7) is 7.61. The van der Waals surface area contributed by atoms with Crippen molar-refractivity contribution in [3.05, 3.63) is 75.9 Å². The van der Waals surface area contributed by atoms with E-state index in [-0.39, 0.29) is 23.8 Å². The molecule has 3 rings (SSSR count). The van der Waals surface area contributed by atoms with E-state index in [2.05, 4.69) is 10.5 Å². The maximum Gasteiger partial charge on any atom is 0.255 e. The summed E-state index contributed by atoms with van der Waals surface area (Å²) in [5, 5.41) is 6.66. The van der Waals surface area contributed by atoms with Crippen LogP contribution in [0.3, 0.4) is 0 Å². The number of carbonyl (C=O) groups is 1. The Bertz CT molecular complexity index is 976. The van der Waals surface area contributed by atoms with Crippen LogP contribution in [0.5, 0.6) is 5.75 Å². The molecule has 2 aromatic carbocycles. The lowest BCUT2D eigenvalue weighted by Crippen LogP contribution is -2.13. The molecule has 27 heavy (non-hydrogen) atoms. The molecule has 1 aromatic heterocycles. The van der Waals surface area contributed by atoms with Gasteiger partial charge in [-0.1, -0.05) is 17.3 Å². The molecule has 0 fully saturated rings. The molecule has 0 aliphatic heterocycles. The lowest BCUT2D eigenvalue weighted by atomic mass is 10.1. The predicted molar refractivity (Wildman–Crippen MR) is 101 cm³/mol. The molecule has 0 spiro atoms. The summed E-state index contributed by atoms with van der Waals surface area (Å²) in [6, 6.07) is 9.80. The molecular formula is C21H21FN2O3. The zero-order valence-electron chi connectivity index (χ0n) is 15.7. The van der Waals surface area contributed by atoms with Crippen LogP contribution < -0.4 is 10.1 Å². The van der Waals surface area contributed by atoms with E-state index < -0.39 is 5.82 Å². The van der Waals surface area contributed by atoms with Crippen LogP contribution in [0.4, 0.5) is 10.1 Å². The zero-order chi connectivity index (χ0) is 19.6. The average molecular weight is 368 g/mol. The Kier molecular flexibility index (Phi) is 5.26. The first-order chi connectivity index (χ1) is 12.9. The fourth-order valence-corrected chi connectivity index (χ4v) is 2.70. The van der Waals surface area contributed by atoms with Crippen LogP contribution in [0.1, 0.15) is 38.5 Å². The monoisotopic (exact) mass is 368 g/mol. The third-order valence-corrected chi connectivity index (χ3v) is 4.60. The first-order valence-electron chi connectivity index (χ1n) is 8.58. The maximum absolute atomic E-state index is 14.4. The summed E-state index contributed by atoms with van der Waals surface area (Å²) in [5.41, 5.74) is 4.47. The number of halogens is 1. The number of rotatable bonds is 5. The van der Waals surface area contributed by atoms with Crippen molar-refractivity contribution < 1.29 is 18.4 Å². The average Bonchev–Trinajstić information content (AvgIpc) is 2.96. The maximum atomic E-state index is 14.4. The second kappa shape index (κ2) is 7.61. The number of hydrogen-bond donors (Lipinski definition) is 1. The van der Waals surface area contributed by atoms with Crippen LogP contribution in [-0.4, -0.2) is 11.1 Å². The molecule has 1 N–H and O–H groups in total. The van der Waals surface area contributed by atoms with Gasteiger partial charge in [-0.15, -0.1) is 0 Å². The molecule has 0 atom stereocenters. The molecule has 0 saturated carbocycles. The number of benzene rings is 2.